The number of hydrogen-bond acceptors (Lipinski definition) is 4. The van der Waals surface area contributed by atoms with Crippen LogP contribution >= 0.6 is 11.3 Å². The first-order valence-corrected chi connectivity index (χ1v) is 9.46. The van der Waals surface area contributed by atoms with Crippen LogP contribution in [-0.4, -0.2) is 16.7 Å². The Morgan fingerprint density at radius 2 is 1.86 bits per heavy atom. The molecule has 0 N–H and O–H groups in total. The second-order valence-electron chi connectivity index (χ2n) is 6.43. The summed E-state index contributed by atoms with van der Waals surface area (Å²) in [5.41, 5.74) is 0.853. The maximum atomic E-state index is 12.9. The lowest BCUT2D eigenvalue weighted by Crippen LogP contribution is -2.20. The van der Waals surface area contributed by atoms with Crippen molar-refractivity contribution in [2.24, 2.45) is 0 Å². The number of fused-ring (bicyclic) bond motifs is 1. The minimum atomic E-state index is -4.43. The molecular weight excluding hydrogens is 401 g/mol. The molecule has 0 saturated heterocycles. The lowest BCUT2D eigenvalue weighted by Gasteiger charge is -2.09. The van der Waals surface area contributed by atoms with Crippen molar-refractivity contribution in [3.63, 3.8) is 0 Å². The molecule has 0 unspecified atom stereocenters. The zero-order valence-corrected chi connectivity index (χ0v) is 16.1. The van der Waals surface area contributed by atoms with Crippen LogP contribution < -0.4 is 10.3 Å². The van der Waals surface area contributed by atoms with Gasteiger partial charge in [0, 0.05) is 4.88 Å². The maximum Gasteiger partial charge on any atom is 0.416 e. The largest absolute Gasteiger partial charge is 0.497 e. The summed E-state index contributed by atoms with van der Waals surface area (Å²) in [6.45, 7) is 0.0153. The van der Waals surface area contributed by atoms with Gasteiger partial charge < -0.3 is 4.74 Å². The second-order valence-corrected chi connectivity index (χ2v) is 7.48. The van der Waals surface area contributed by atoms with Gasteiger partial charge in [0.1, 0.15) is 10.4 Å². The van der Waals surface area contributed by atoms with E-state index in [0.29, 0.717) is 15.8 Å². The van der Waals surface area contributed by atoms with Gasteiger partial charge in [0.25, 0.3) is 5.56 Å². The summed E-state index contributed by atoms with van der Waals surface area (Å²) in [6.07, 6.45) is -3.06. The van der Waals surface area contributed by atoms with Gasteiger partial charge in [0.2, 0.25) is 0 Å². The van der Waals surface area contributed by atoms with Crippen molar-refractivity contribution in [1.29, 1.82) is 0 Å². The average Bonchev–Trinajstić information content (AvgIpc) is 3.15. The Labute approximate surface area is 167 Å². The minimum Gasteiger partial charge on any atom is -0.497 e. The van der Waals surface area contributed by atoms with Gasteiger partial charge >= 0.3 is 6.18 Å². The number of hydrogen-bond donors (Lipinski definition) is 0. The molecule has 148 valence electrons. The standard InChI is InChI=1S/C21H15F3N2O2S/c1-28-16-7-5-14(6-8-16)18-10-17-19(29-18)20(27)26(12-25-17)11-13-3-2-4-15(9-13)21(22,23)24/h2-10,12H,11H2,1H3. The number of nitrogens with zero attached hydrogens (tertiary/aromatic N) is 2. The van der Waals surface area contributed by atoms with Crippen LogP contribution in [0, 0.1) is 0 Å². The Balaban J connectivity index is 1.68. The van der Waals surface area contributed by atoms with E-state index in [4.69, 9.17) is 4.74 Å². The van der Waals surface area contributed by atoms with Gasteiger partial charge in [0.15, 0.2) is 0 Å². The SMILES string of the molecule is COc1ccc(-c2cc3ncn(Cc4cccc(C(F)(F)F)c4)c(=O)c3s2)cc1. The highest BCUT2D eigenvalue weighted by Crippen LogP contribution is 2.32. The van der Waals surface area contributed by atoms with Crippen LogP contribution in [0.5, 0.6) is 5.75 Å². The molecule has 2 aromatic heterocycles. The number of halogens is 3. The number of alkyl halides is 3. The Morgan fingerprint density at radius 1 is 1.10 bits per heavy atom. The number of ether oxygens (including phenoxy) is 1. The highest BCUT2D eigenvalue weighted by atomic mass is 32.1. The zero-order chi connectivity index (χ0) is 20.6. The fourth-order valence-electron chi connectivity index (χ4n) is 3.00. The third kappa shape index (κ3) is 3.88. The maximum absolute atomic E-state index is 12.9. The first-order chi connectivity index (χ1) is 13.8. The normalized spacial score (nSPS) is 11.7. The summed E-state index contributed by atoms with van der Waals surface area (Å²) in [4.78, 5) is 18.0. The van der Waals surface area contributed by atoms with Crippen molar-refractivity contribution in [2.45, 2.75) is 12.7 Å². The van der Waals surface area contributed by atoms with Crippen molar-refractivity contribution in [3.8, 4) is 16.2 Å². The number of aromatic nitrogens is 2. The van der Waals surface area contributed by atoms with Crippen molar-refractivity contribution in [2.75, 3.05) is 7.11 Å². The van der Waals surface area contributed by atoms with E-state index in [-0.39, 0.29) is 12.1 Å². The van der Waals surface area contributed by atoms with Gasteiger partial charge in [-0.1, -0.05) is 12.1 Å². The van der Waals surface area contributed by atoms with Crippen LogP contribution in [0.3, 0.4) is 0 Å². The topological polar surface area (TPSA) is 44.1 Å². The fourth-order valence-corrected chi connectivity index (χ4v) is 4.06. The fraction of sp³-hybridized carbons (Fsp3) is 0.143. The molecule has 8 heteroatoms. The molecule has 0 fully saturated rings. The molecule has 4 rings (SSSR count). The van der Waals surface area contributed by atoms with Gasteiger partial charge in [-0.05, 0) is 53.6 Å². The lowest BCUT2D eigenvalue weighted by molar-refractivity contribution is -0.137. The Bertz CT molecular complexity index is 1230. The molecule has 0 spiro atoms. The molecule has 2 aromatic carbocycles. The first kappa shape index (κ1) is 19.2. The van der Waals surface area contributed by atoms with E-state index in [1.807, 2.05) is 30.3 Å². The predicted octanol–water partition coefficient (Wildman–Crippen LogP) is 5.20. The van der Waals surface area contributed by atoms with E-state index in [1.54, 1.807) is 13.2 Å². The molecule has 0 amide bonds. The first-order valence-electron chi connectivity index (χ1n) is 8.65. The van der Waals surface area contributed by atoms with Gasteiger partial charge in [0.05, 0.1) is 31.1 Å². The van der Waals surface area contributed by atoms with Gasteiger partial charge in [-0.15, -0.1) is 11.3 Å². The van der Waals surface area contributed by atoms with Crippen molar-refractivity contribution in [1.82, 2.24) is 9.55 Å². The van der Waals surface area contributed by atoms with E-state index < -0.39 is 11.7 Å². The van der Waals surface area contributed by atoms with Crippen molar-refractivity contribution >= 4 is 21.6 Å². The van der Waals surface area contributed by atoms with Crippen LogP contribution in [0.15, 0.2) is 65.7 Å². The monoisotopic (exact) mass is 416 g/mol. The Hall–Kier alpha value is -3.13. The van der Waals surface area contributed by atoms with E-state index in [0.717, 1.165) is 28.3 Å². The quantitative estimate of drug-likeness (QED) is 0.459. The molecule has 0 bridgehead atoms. The number of benzene rings is 2. The third-order valence-corrected chi connectivity index (χ3v) is 5.65. The van der Waals surface area contributed by atoms with E-state index in [9.17, 15) is 18.0 Å². The molecule has 0 radical (unpaired) electrons. The van der Waals surface area contributed by atoms with Gasteiger partial charge in [-0.25, -0.2) is 4.98 Å². The van der Waals surface area contributed by atoms with E-state index in [2.05, 4.69) is 4.98 Å². The molecule has 0 aliphatic carbocycles. The highest BCUT2D eigenvalue weighted by Gasteiger charge is 2.30. The number of thiophene rings is 1. The summed E-state index contributed by atoms with van der Waals surface area (Å²) < 4.78 is 45.7. The molecule has 0 atom stereocenters. The lowest BCUT2D eigenvalue weighted by atomic mass is 10.1. The van der Waals surface area contributed by atoms with Crippen LogP contribution in [0.25, 0.3) is 20.7 Å². The molecule has 29 heavy (non-hydrogen) atoms. The van der Waals surface area contributed by atoms with Gasteiger partial charge in [-0.3, -0.25) is 9.36 Å². The smallest absolute Gasteiger partial charge is 0.416 e. The minimum absolute atomic E-state index is 0.0153. The molecule has 4 nitrogen and oxygen atoms in total. The molecule has 0 aliphatic rings. The average molecular weight is 416 g/mol. The summed E-state index contributed by atoms with van der Waals surface area (Å²) >= 11 is 1.31. The summed E-state index contributed by atoms with van der Waals surface area (Å²) in [7, 11) is 1.59. The van der Waals surface area contributed by atoms with E-state index >= 15 is 0 Å². The zero-order valence-electron chi connectivity index (χ0n) is 15.2. The summed E-state index contributed by atoms with van der Waals surface area (Å²) in [5.74, 6) is 0.733. The number of methoxy groups -OCH3 is 1. The van der Waals surface area contributed by atoms with E-state index in [1.165, 1.54) is 28.3 Å². The Kier molecular flexibility index (Phi) is 4.87. The molecular formula is C21H15F3N2O2S. The van der Waals surface area contributed by atoms with Crippen LogP contribution in [-0.2, 0) is 12.7 Å². The number of rotatable bonds is 4. The van der Waals surface area contributed by atoms with Crippen molar-refractivity contribution in [3.05, 3.63) is 82.4 Å². The molecule has 0 saturated carbocycles. The molecule has 0 aliphatic heterocycles. The molecule has 2 heterocycles. The van der Waals surface area contributed by atoms with Gasteiger partial charge in [-0.2, -0.15) is 13.2 Å². The summed E-state index contributed by atoms with van der Waals surface area (Å²) in [5, 5.41) is 0. The molecule has 4 aromatic rings. The summed E-state index contributed by atoms with van der Waals surface area (Å²) in [6, 6.07) is 14.2. The predicted molar refractivity (Wildman–Crippen MR) is 106 cm³/mol. The highest BCUT2D eigenvalue weighted by molar-refractivity contribution is 7.22. The van der Waals surface area contributed by atoms with Crippen LogP contribution in [0.4, 0.5) is 13.2 Å². The van der Waals surface area contributed by atoms with Crippen LogP contribution in [0.1, 0.15) is 11.1 Å². The van der Waals surface area contributed by atoms with Crippen LogP contribution in [0.2, 0.25) is 0 Å². The Morgan fingerprint density at radius 3 is 2.55 bits per heavy atom. The third-order valence-electron chi connectivity index (χ3n) is 4.49. The second kappa shape index (κ2) is 7.36. The van der Waals surface area contributed by atoms with Crippen molar-refractivity contribution < 1.29 is 17.9 Å².